The van der Waals surface area contributed by atoms with Gasteiger partial charge in [-0.3, -0.25) is 9.59 Å². The first kappa shape index (κ1) is 8.87. The van der Waals surface area contributed by atoms with Gasteiger partial charge < -0.3 is 0 Å². The Bertz CT molecular complexity index is 377. The second kappa shape index (κ2) is 3.21. The van der Waals surface area contributed by atoms with Gasteiger partial charge in [0, 0.05) is 6.42 Å². The largest absolute Gasteiger partial charge is 0.272 e. The van der Waals surface area contributed by atoms with Crippen molar-refractivity contribution in [2.75, 3.05) is 0 Å². The molecule has 1 aromatic carbocycles. The number of hydrogen-bond donors (Lipinski definition) is 0. The minimum atomic E-state index is -0.763. The molecule has 1 aliphatic rings. The van der Waals surface area contributed by atoms with Gasteiger partial charge in [-0.15, -0.1) is 5.12 Å². The van der Waals surface area contributed by atoms with Crippen molar-refractivity contribution in [3.63, 3.8) is 0 Å². The molecule has 0 aromatic heterocycles. The predicted octanol–water partition coefficient (Wildman–Crippen LogP) is 1.41. The number of rotatable bonds is 1. The van der Waals surface area contributed by atoms with Crippen LogP contribution in [0.1, 0.15) is 17.9 Å². The highest BCUT2D eigenvalue weighted by Gasteiger charge is 2.40. The molecule has 0 aliphatic carbocycles. The molecule has 0 N–H and O–H groups in total. The zero-order chi connectivity index (χ0) is 10.1. The standard InChI is InChI=1S/C10H8FNO2/c11-12-9(13)6-8(10(12)14)7-4-2-1-3-5-7/h1-5,8H,6H2. The van der Waals surface area contributed by atoms with Gasteiger partial charge in [0.15, 0.2) is 0 Å². The van der Waals surface area contributed by atoms with Crippen molar-refractivity contribution >= 4 is 11.8 Å². The van der Waals surface area contributed by atoms with E-state index in [0.29, 0.717) is 5.56 Å². The molecule has 1 aliphatic heterocycles. The summed E-state index contributed by atoms with van der Waals surface area (Å²) in [6.45, 7) is 0. The molecule has 2 rings (SSSR count). The molecule has 2 amide bonds. The lowest BCUT2D eigenvalue weighted by Crippen LogP contribution is -2.20. The minimum absolute atomic E-state index is 0.0701. The fourth-order valence-electron chi connectivity index (χ4n) is 1.55. The van der Waals surface area contributed by atoms with E-state index < -0.39 is 17.7 Å². The van der Waals surface area contributed by atoms with Crippen LogP contribution < -0.4 is 0 Å². The molecule has 14 heavy (non-hydrogen) atoms. The zero-order valence-electron chi connectivity index (χ0n) is 7.31. The number of halogens is 1. The van der Waals surface area contributed by atoms with Crippen molar-refractivity contribution in [2.24, 2.45) is 0 Å². The van der Waals surface area contributed by atoms with Crippen molar-refractivity contribution in [1.29, 1.82) is 0 Å². The summed E-state index contributed by atoms with van der Waals surface area (Å²) in [5.41, 5.74) is 0.686. The average molecular weight is 193 g/mol. The van der Waals surface area contributed by atoms with Crippen LogP contribution in [-0.2, 0) is 9.59 Å². The number of benzene rings is 1. The summed E-state index contributed by atoms with van der Waals surface area (Å²) < 4.78 is 12.8. The van der Waals surface area contributed by atoms with Gasteiger partial charge in [-0.25, -0.2) is 0 Å². The summed E-state index contributed by atoms with van der Waals surface area (Å²) in [6.07, 6.45) is -0.0701. The van der Waals surface area contributed by atoms with E-state index in [9.17, 15) is 14.1 Å². The molecule has 1 heterocycles. The SMILES string of the molecule is O=C1CC(c2ccccc2)C(=O)N1F. The van der Waals surface area contributed by atoms with Crippen LogP contribution in [0.2, 0.25) is 0 Å². The molecule has 0 saturated carbocycles. The second-order valence-corrected chi connectivity index (χ2v) is 3.18. The van der Waals surface area contributed by atoms with E-state index in [4.69, 9.17) is 0 Å². The van der Waals surface area contributed by atoms with Crippen molar-refractivity contribution in [1.82, 2.24) is 5.12 Å². The maximum Gasteiger partial charge on any atom is 0.266 e. The molecule has 1 unspecified atom stereocenters. The first-order valence-corrected chi connectivity index (χ1v) is 4.27. The molecule has 1 fully saturated rings. The third-order valence-electron chi connectivity index (χ3n) is 2.29. The third kappa shape index (κ3) is 1.28. The molecule has 3 nitrogen and oxygen atoms in total. The highest BCUT2D eigenvalue weighted by atomic mass is 19.2. The summed E-state index contributed by atoms with van der Waals surface area (Å²) >= 11 is 0. The van der Waals surface area contributed by atoms with Crippen molar-refractivity contribution in [3.8, 4) is 0 Å². The molecule has 4 heteroatoms. The number of nitrogens with zero attached hydrogens (tertiary/aromatic N) is 1. The van der Waals surface area contributed by atoms with Crippen LogP contribution in [0.5, 0.6) is 0 Å². The Balaban J connectivity index is 2.30. The highest BCUT2D eigenvalue weighted by Crippen LogP contribution is 2.29. The molecule has 72 valence electrons. The van der Waals surface area contributed by atoms with E-state index in [1.807, 2.05) is 0 Å². The van der Waals surface area contributed by atoms with Crippen LogP contribution in [0, 0.1) is 0 Å². The third-order valence-corrected chi connectivity index (χ3v) is 2.29. The molecule has 1 saturated heterocycles. The first-order chi connectivity index (χ1) is 6.70. The molecule has 1 aromatic rings. The maximum atomic E-state index is 12.8. The Kier molecular flexibility index (Phi) is 2.04. The molecular weight excluding hydrogens is 185 g/mol. The van der Waals surface area contributed by atoms with Gasteiger partial charge >= 0.3 is 0 Å². The molecular formula is C10H8FNO2. The van der Waals surface area contributed by atoms with Gasteiger partial charge in [0.1, 0.15) is 0 Å². The van der Waals surface area contributed by atoms with Crippen LogP contribution >= 0.6 is 0 Å². The quantitative estimate of drug-likeness (QED) is 0.499. The van der Waals surface area contributed by atoms with E-state index in [2.05, 4.69) is 0 Å². The van der Waals surface area contributed by atoms with Crippen LogP contribution in [0.15, 0.2) is 30.3 Å². The lowest BCUT2D eigenvalue weighted by Gasteiger charge is -2.05. The second-order valence-electron chi connectivity index (χ2n) is 3.18. The van der Waals surface area contributed by atoms with Gasteiger partial charge in [-0.2, -0.15) is 0 Å². The van der Waals surface area contributed by atoms with Crippen LogP contribution in [0.3, 0.4) is 0 Å². The zero-order valence-corrected chi connectivity index (χ0v) is 7.31. The number of carbonyl (C=O) groups is 2. The smallest absolute Gasteiger partial charge is 0.266 e. The van der Waals surface area contributed by atoms with E-state index in [1.165, 1.54) is 0 Å². The summed E-state index contributed by atoms with van der Waals surface area (Å²) in [5.74, 6) is -2.17. The van der Waals surface area contributed by atoms with E-state index >= 15 is 0 Å². The highest BCUT2D eigenvalue weighted by molar-refractivity contribution is 6.04. The molecule has 1 atom stereocenters. The number of imide groups is 1. The maximum absolute atomic E-state index is 12.8. The van der Waals surface area contributed by atoms with Crippen molar-refractivity contribution in [2.45, 2.75) is 12.3 Å². The Hall–Kier alpha value is -1.71. The Morgan fingerprint density at radius 3 is 2.36 bits per heavy atom. The molecule has 0 radical (unpaired) electrons. The van der Waals surface area contributed by atoms with E-state index in [0.717, 1.165) is 0 Å². The number of carbonyl (C=O) groups excluding carboxylic acids is 2. The predicted molar refractivity (Wildman–Crippen MR) is 46.8 cm³/mol. The van der Waals surface area contributed by atoms with Gasteiger partial charge in [-0.1, -0.05) is 34.8 Å². The van der Waals surface area contributed by atoms with Crippen molar-refractivity contribution in [3.05, 3.63) is 35.9 Å². The first-order valence-electron chi connectivity index (χ1n) is 4.27. The Morgan fingerprint density at radius 2 is 1.86 bits per heavy atom. The van der Waals surface area contributed by atoms with Gasteiger partial charge in [0.25, 0.3) is 11.8 Å². The minimum Gasteiger partial charge on any atom is -0.272 e. The van der Waals surface area contributed by atoms with Crippen molar-refractivity contribution < 1.29 is 14.1 Å². The summed E-state index contributed by atoms with van der Waals surface area (Å²) in [6, 6.07) is 8.75. The average Bonchev–Trinajstić information content (AvgIpc) is 2.47. The van der Waals surface area contributed by atoms with Gasteiger partial charge in [-0.05, 0) is 5.56 Å². The van der Waals surface area contributed by atoms with Crippen LogP contribution in [0.4, 0.5) is 4.48 Å². The lowest BCUT2D eigenvalue weighted by atomic mass is 9.98. The Morgan fingerprint density at radius 1 is 1.21 bits per heavy atom. The summed E-state index contributed by atoms with van der Waals surface area (Å²) in [4.78, 5) is 22.1. The Labute approximate surface area is 80.1 Å². The fourth-order valence-corrected chi connectivity index (χ4v) is 1.55. The van der Waals surface area contributed by atoms with Gasteiger partial charge in [0.05, 0.1) is 5.92 Å². The fraction of sp³-hybridized carbons (Fsp3) is 0.200. The monoisotopic (exact) mass is 193 g/mol. The lowest BCUT2D eigenvalue weighted by molar-refractivity contribution is -0.154. The topological polar surface area (TPSA) is 37.4 Å². The normalized spacial score (nSPS) is 21.8. The summed E-state index contributed by atoms with van der Waals surface area (Å²) in [5, 5.41) is -0.294. The van der Waals surface area contributed by atoms with Crippen LogP contribution in [0.25, 0.3) is 0 Å². The summed E-state index contributed by atoms with van der Waals surface area (Å²) in [7, 11) is 0. The molecule has 0 spiro atoms. The number of amides is 2. The number of hydrogen-bond acceptors (Lipinski definition) is 2. The van der Waals surface area contributed by atoms with E-state index in [-0.39, 0.29) is 11.5 Å². The molecule has 0 bridgehead atoms. The van der Waals surface area contributed by atoms with Crippen LogP contribution in [-0.4, -0.2) is 16.9 Å². The van der Waals surface area contributed by atoms with Gasteiger partial charge in [0.2, 0.25) is 0 Å². The van der Waals surface area contributed by atoms with E-state index in [1.54, 1.807) is 30.3 Å².